The molecule has 1 aliphatic carbocycles. The Labute approximate surface area is 107 Å². The van der Waals surface area contributed by atoms with E-state index in [1.54, 1.807) is 0 Å². The van der Waals surface area contributed by atoms with Crippen LogP contribution in [0.15, 0.2) is 0 Å². The van der Waals surface area contributed by atoms with E-state index in [2.05, 4.69) is 45.0 Å². The molecule has 1 saturated heterocycles. The van der Waals surface area contributed by atoms with Gasteiger partial charge in [-0.1, -0.05) is 20.8 Å². The summed E-state index contributed by atoms with van der Waals surface area (Å²) in [5.74, 6) is 1.63. The van der Waals surface area contributed by atoms with E-state index in [0.717, 1.165) is 23.9 Å². The molecule has 3 unspecified atom stereocenters. The molecular weight excluding hydrogens is 208 g/mol. The molecule has 0 aromatic rings. The maximum Gasteiger partial charge on any atom is 0.0120 e. The van der Waals surface area contributed by atoms with Crippen LogP contribution in [0.5, 0.6) is 0 Å². The first-order valence-electron chi connectivity index (χ1n) is 7.38. The molecule has 100 valence electrons. The summed E-state index contributed by atoms with van der Waals surface area (Å²) in [6.45, 7) is 12.0. The summed E-state index contributed by atoms with van der Waals surface area (Å²) < 4.78 is 0. The van der Waals surface area contributed by atoms with Crippen molar-refractivity contribution in [3.05, 3.63) is 0 Å². The summed E-state index contributed by atoms with van der Waals surface area (Å²) >= 11 is 0. The molecule has 1 saturated carbocycles. The summed E-state index contributed by atoms with van der Waals surface area (Å²) in [5, 5.41) is 3.88. The molecule has 2 nitrogen and oxygen atoms in total. The van der Waals surface area contributed by atoms with Crippen molar-refractivity contribution in [1.29, 1.82) is 0 Å². The molecule has 1 N–H and O–H groups in total. The number of rotatable bonds is 4. The Morgan fingerprint density at radius 1 is 1.29 bits per heavy atom. The number of nitrogens with one attached hydrogen (secondary N) is 1. The largest absolute Gasteiger partial charge is 0.313 e. The van der Waals surface area contributed by atoms with E-state index < -0.39 is 0 Å². The van der Waals surface area contributed by atoms with Gasteiger partial charge in [-0.05, 0) is 50.5 Å². The monoisotopic (exact) mass is 238 g/mol. The molecule has 2 fully saturated rings. The normalized spacial score (nSPS) is 37.4. The smallest absolute Gasteiger partial charge is 0.0120 e. The SMILES string of the molecule is CC1CN(C)C(C)CC1NCC1(C(C)C)CC1. The van der Waals surface area contributed by atoms with Crippen LogP contribution in [0.1, 0.15) is 47.0 Å². The summed E-state index contributed by atoms with van der Waals surface area (Å²) in [5.41, 5.74) is 0.645. The van der Waals surface area contributed by atoms with E-state index in [4.69, 9.17) is 0 Å². The molecule has 0 bridgehead atoms. The topological polar surface area (TPSA) is 15.3 Å². The Kier molecular flexibility index (Phi) is 3.84. The quantitative estimate of drug-likeness (QED) is 0.810. The standard InChI is InChI=1S/C15H30N2/c1-11(2)15(6-7-15)10-16-14-8-13(4)17(5)9-12(14)3/h11-14,16H,6-10H2,1-5H3. The summed E-state index contributed by atoms with van der Waals surface area (Å²) in [4.78, 5) is 2.50. The Hall–Kier alpha value is -0.0800. The van der Waals surface area contributed by atoms with Gasteiger partial charge < -0.3 is 10.2 Å². The Bertz CT molecular complexity index is 258. The maximum absolute atomic E-state index is 3.88. The van der Waals surface area contributed by atoms with Crippen LogP contribution in [0.25, 0.3) is 0 Å². The van der Waals surface area contributed by atoms with Crippen molar-refractivity contribution in [3.8, 4) is 0 Å². The molecule has 0 amide bonds. The highest BCUT2D eigenvalue weighted by atomic mass is 15.2. The predicted molar refractivity (Wildman–Crippen MR) is 74.2 cm³/mol. The molecule has 1 aliphatic heterocycles. The van der Waals surface area contributed by atoms with Crippen molar-refractivity contribution < 1.29 is 0 Å². The Morgan fingerprint density at radius 3 is 2.47 bits per heavy atom. The minimum atomic E-state index is 0.645. The molecule has 2 heteroatoms. The molecule has 17 heavy (non-hydrogen) atoms. The van der Waals surface area contributed by atoms with Crippen LogP contribution in [0.4, 0.5) is 0 Å². The van der Waals surface area contributed by atoms with E-state index in [0.29, 0.717) is 5.41 Å². The molecule has 1 heterocycles. The van der Waals surface area contributed by atoms with Gasteiger partial charge in [-0.3, -0.25) is 0 Å². The minimum Gasteiger partial charge on any atom is -0.313 e. The van der Waals surface area contributed by atoms with Gasteiger partial charge in [-0.25, -0.2) is 0 Å². The fourth-order valence-corrected chi connectivity index (χ4v) is 3.28. The number of nitrogens with zero attached hydrogens (tertiary/aromatic N) is 1. The zero-order chi connectivity index (χ0) is 12.6. The lowest BCUT2D eigenvalue weighted by Crippen LogP contribution is -2.52. The van der Waals surface area contributed by atoms with Crippen LogP contribution in [0, 0.1) is 17.3 Å². The molecule has 2 aliphatic rings. The van der Waals surface area contributed by atoms with Gasteiger partial charge in [-0.2, -0.15) is 0 Å². The van der Waals surface area contributed by atoms with Crippen LogP contribution >= 0.6 is 0 Å². The molecule has 3 atom stereocenters. The van der Waals surface area contributed by atoms with Crippen molar-refractivity contribution in [2.24, 2.45) is 17.3 Å². The number of hydrogen-bond donors (Lipinski definition) is 1. The third-order valence-corrected chi connectivity index (χ3v) is 5.44. The van der Waals surface area contributed by atoms with Gasteiger partial charge in [0, 0.05) is 25.2 Å². The second-order valence-electron chi connectivity index (χ2n) is 7.01. The Balaban J connectivity index is 1.83. The van der Waals surface area contributed by atoms with E-state index in [9.17, 15) is 0 Å². The summed E-state index contributed by atoms with van der Waals surface area (Å²) in [7, 11) is 2.26. The van der Waals surface area contributed by atoms with E-state index in [1.165, 1.54) is 32.4 Å². The van der Waals surface area contributed by atoms with Crippen LogP contribution in [0.2, 0.25) is 0 Å². The second kappa shape index (κ2) is 4.89. The number of piperidine rings is 1. The maximum atomic E-state index is 3.88. The third kappa shape index (κ3) is 2.85. The fraction of sp³-hybridized carbons (Fsp3) is 1.00. The summed E-state index contributed by atoms with van der Waals surface area (Å²) in [6, 6.07) is 1.47. The molecule has 0 spiro atoms. The number of likely N-dealkylation sites (tertiary alicyclic amines) is 1. The highest BCUT2D eigenvalue weighted by Gasteiger charge is 2.45. The first-order valence-corrected chi connectivity index (χ1v) is 7.38. The highest BCUT2D eigenvalue weighted by Crippen LogP contribution is 2.51. The zero-order valence-electron chi connectivity index (χ0n) is 12.3. The van der Waals surface area contributed by atoms with Crippen LogP contribution in [-0.2, 0) is 0 Å². The molecule has 0 aromatic carbocycles. The van der Waals surface area contributed by atoms with E-state index in [1.807, 2.05) is 0 Å². The van der Waals surface area contributed by atoms with Gasteiger partial charge in [0.25, 0.3) is 0 Å². The van der Waals surface area contributed by atoms with Gasteiger partial charge >= 0.3 is 0 Å². The van der Waals surface area contributed by atoms with Crippen molar-refractivity contribution in [2.75, 3.05) is 20.1 Å². The first kappa shape index (κ1) is 13.4. The average molecular weight is 238 g/mol. The van der Waals surface area contributed by atoms with Crippen LogP contribution < -0.4 is 5.32 Å². The number of hydrogen-bond acceptors (Lipinski definition) is 2. The van der Waals surface area contributed by atoms with Crippen molar-refractivity contribution in [1.82, 2.24) is 10.2 Å². The van der Waals surface area contributed by atoms with Crippen LogP contribution in [-0.4, -0.2) is 37.1 Å². The second-order valence-corrected chi connectivity index (χ2v) is 7.01. The van der Waals surface area contributed by atoms with Gasteiger partial charge in [0.15, 0.2) is 0 Å². The fourth-order valence-electron chi connectivity index (χ4n) is 3.28. The van der Waals surface area contributed by atoms with Gasteiger partial charge in [-0.15, -0.1) is 0 Å². The molecular formula is C15H30N2. The lowest BCUT2D eigenvalue weighted by atomic mass is 9.87. The van der Waals surface area contributed by atoms with Crippen molar-refractivity contribution in [3.63, 3.8) is 0 Å². The molecule has 0 aromatic heterocycles. The predicted octanol–water partition coefficient (Wildman–Crippen LogP) is 2.74. The van der Waals surface area contributed by atoms with Crippen molar-refractivity contribution in [2.45, 2.75) is 59.0 Å². The molecule has 2 rings (SSSR count). The third-order valence-electron chi connectivity index (χ3n) is 5.44. The zero-order valence-corrected chi connectivity index (χ0v) is 12.3. The first-order chi connectivity index (χ1) is 7.94. The van der Waals surface area contributed by atoms with Crippen LogP contribution in [0.3, 0.4) is 0 Å². The van der Waals surface area contributed by atoms with E-state index in [-0.39, 0.29) is 0 Å². The Morgan fingerprint density at radius 2 is 1.94 bits per heavy atom. The van der Waals surface area contributed by atoms with Gasteiger partial charge in [0.05, 0.1) is 0 Å². The lowest BCUT2D eigenvalue weighted by Gasteiger charge is -2.41. The van der Waals surface area contributed by atoms with Crippen molar-refractivity contribution >= 4 is 0 Å². The highest BCUT2D eigenvalue weighted by molar-refractivity contribution is 4.98. The molecule has 0 radical (unpaired) electrons. The lowest BCUT2D eigenvalue weighted by molar-refractivity contribution is 0.116. The van der Waals surface area contributed by atoms with Gasteiger partial charge in [0.2, 0.25) is 0 Å². The minimum absolute atomic E-state index is 0.645. The van der Waals surface area contributed by atoms with Gasteiger partial charge in [0.1, 0.15) is 0 Å². The summed E-state index contributed by atoms with van der Waals surface area (Å²) in [6.07, 6.45) is 4.19. The van der Waals surface area contributed by atoms with E-state index >= 15 is 0 Å². The average Bonchev–Trinajstić information content (AvgIpc) is 3.02.